The van der Waals surface area contributed by atoms with E-state index >= 15 is 0 Å². The van der Waals surface area contributed by atoms with E-state index in [9.17, 15) is 9.59 Å². The van der Waals surface area contributed by atoms with Gasteiger partial charge in [0.1, 0.15) is 0 Å². The van der Waals surface area contributed by atoms with E-state index < -0.39 is 0 Å². The molecule has 1 fully saturated rings. The highest BCUT2D eigenvalue weighted by Gasteiger charge is 2.33. The second-order valence-electron chi connectivity index (χ2n) is 6.03. The lowest BCUT2D eigenvalue weighted by Crippen LogP contribution is -2.34. The molecule has 0 aliphatic heterocycles. The summed E-state index contributed by atoms with van der Waals surface area (Å²) in [7, 11) is 0. The predicted molar refractivity (Wildman–Crippen MR) is 89.7 cm³/mol. The third kappa shape index (κ3) is 4.02. The van der Waals surface area contributed by atoms with Gasteiger partial charge in [-0.3, -0.25) is 0 Å². The standard InChI is InChI=1S/C20H20O4/c21-19(15-7-3-1-4-8-15)23-13-17-11-12-18(17)14-24-20(22)16-9-5-2-6-10-16/h1-10,17-18H,11-14H2. The van der Waals surface area contributed by atoms with E-state index in [2.05, 4.69) is 0 Å². The van der Waals surface area contributed by atoms with Crippen molar-refractivity contribution in [2.24, 2.45) is 11.8 Å². The highest BCUT2D eigenvalue weighted by atomic mass is 16.5. The molecule has 0 aromatic heterocycles. The topological polar surface area (TPSA) is 52.6 Å². The number of carbonyl (C=O) groups excluding carboxylic acids is 2. The van der Waals surface area contributed by atoms with E-state index in [0.717, 1.165) is 12.8 Å². The number of esters is 2. The van der Waals surface area contributed by atoms with Gasteiger partial charge in [0.25, 0.3) is 0 Å². The van der Waals surface area contributed by atoms with Crippen LogP contribution in [0.2, 0.25) is 0 Å². The maximum absolute atomic E-state index is 11.9. The number of benzene rings is 2. The molecule has 4 heteroatoms. The molecule has 0 N–H and O–H groups in total. The first kappa shape index (κ1) is 16.2. The Balaban J connectivity index is 1.42. The molecule has 2 aromatic carbocycles. The minimum absolute atomic E-state index is 0.265. The molecule has 1 saturated carbocycles. The van der Waals surface area contributed by atoms with Gasteiger partial charge in [-0.25, -0.2) is 9.59 Å². The van der Waals surface area contributed by atoms with Crippen molar-refractivity contribution in [3.63, 3.8) is 0 Å². The summed E-state index contributed by atoms with van der Waals surface area (Å²) in [6.45, 7) is 0.753. The molecule has 1 aliphatic rings. The van der Waals surface area contributed by atoms with Crippen LogP contribution in [0.5, 0.6) is 0 Å². The molecule has 24 heavy (non-hydrogen) atoms. The zero-order valence-corrected chi connectivity index (χ0v) is 13.4. The quantitative estimate of drug-likeness (QED) is 0.760. The molecule has 1 aliphatic carbocycles. The van der Waals surface area contributed by atoms with Gasteiger partial charge in [0.05, 0.1) is 24.3 Å². The molecule has 0 saturated heterocycles. The first-order chi connectivity index (χ1) is 11.7. The third-order valence-electron chi connectivity index (χ3n) is 4.45. The number of hydrogen-bond donors (Lipinski definition) is 0. The lowest BCUT2D eigenvalue weighted by atomic mass is 9.74. The van der Waals surface area contributed by atoms with Gasteiger partial charge in [-0.2, -0.15) is 0 Å². The van der Waals surface area contributed by atoms with Gasteiger partial charge in [0.15, 0.2) is 0 Å². The fourth-order valence-corrected chi connectivity index (χ4v) is 2.76. The fourth-order valence-electron chi connectivity index (χ4n) is 2.76. The Labute approximate surface area is 141 Å². The Morgan fingerprint density at radius 2 is 1.08 bits per heavy atom. The molecule has 0 spiro atoms. The minimum atomic E-state index is -0.303. The molecule has 2 aromatic rings. The highest BCUT2D eigenvalue weighted by molar-refractivity contribution is 5.89. The average Bonchev–Trinajstić information content (AvgIpc) is 2.62. The van der Waals surface area contributed by atoms with Crippen LogP contribution in [-0.4, -0.2) is 25.2 Å². The van der Waals surface area contributed by atoms with Gasteiger partial charge in [0.2, 0.25) is 0 Å². The second-order valence-corrected chi connectivity index (χ2v) is 6.03. The third-order valence-corrected chi connectivity index (χ3v) is 4.45. The smallest absolute Gasteiger partial charge is 0.338 e. The second kappa shape index (κ2) is 7.77. The molecular weight excluding hydrogens is 304 g/mol. The van der Waals surface area contributed by atoms with E-state index in [1.807, 2.05) is 36.4 Å². The van der Waals surface area contributed by atoms with Gasteiger partial charge in [-0.05, 0) is 48.9 Å². The molecule has 0 radical (unpaired) electrons. The summed E-state index contributed by atoms with van der Waals surface area (Å²) in [5.74, 6) is -0.0764. The van der Waals surface area contributed by atoms with Crippen LogP contribution in [0, 0.1) is 11.8 Å². The SMILES string of the molecule is O=C(OCC1CCC1COC(=O)c1ccccc1)c1ccccc1. The summed E-state index contributed by atoms with van der Waals surface area (Å²) < 4.78 is 10.7. The number of rotatable bonds is 6. The summed E-state index contributed by atoms with van der Waals surface area (Å²) in [5, 5.41) is 0. The molecule has 2 unspecified atom stereocenters. The predicted octanol–water partition coefficient (Wildman–Crippen LogP) is 3.73. The minimum Gasteiger partial charge on any atom is -0.462 e. The first-order valence-electron chi connectivity index (χ1n) is 8.18. The van der Waals surface area contributed by atoms with Gasteiger partial charge in [-0.1, -0.05) is 36.4 Å². The Morgan fingerprint density at radius 3 is 1.42 bits per heavy atom. The van der Waals surface area contributed by atoms with Crippen molar-refractivity contribution < 1.29 is 19.1 Å². The van der Waals surface area contributed by atoms with Crippen LogP contribution in [0.15, 0.2) is 60.7 Å². The van der Waals surface area contributed by atoms with Crippen molar-refractivity contribution in [1.82, 2.24) is 0 Å². The molecule has 3 rings (SSSR count). The van der Waals surface area contributed by atoms with Crippen LogP contribution in [0.3, 0.4) is 0 Å². The molecule has 124 valence electrons. The Bertz CT molecular complexity index is 620. The zero-order chi connectivity index (χ0) is 16.8. The van der Waals surface area contributed by atoms with Crippen LogP contribution in [0.1, 0.15) is 33.6 Å². The molecular formula is C20H20O4. The van der Waals surface area contributed by atoms with Crippen LogP contribution < -0.4 is 0 Å². The van der Waals surface area contributed by atoms with Crippen LogP contribution in [0.4, 0.5) is 0 Å². The van der Waals surface area contributed by atoms with Crippen LogP contribution in [0.25, 0.3) is 0 Å². The maximum Gasteiger partial charge on any atom is 0.338 e. The lowest BCUT2D eigenvalue weighted by molar-refractivity contribution is -0.00324. The van der Waals surface area contributed by atoms with Crippen LogP contribution in [-0.2, 0) is 9.47 Å². The van der Waals surface area contributed by atoms with Crippen molar-refractivity contribution in [2.75, 3.05) is 13.2 Å². The van der Waals surface area contributed by atoms with Gasteiger partial charge in [0, 0.05) is 0 Å². The van der Waals surface area contributed by atoms with E-state index in [-0.39, 0.29) is 23.8 Å². The van der Waals surface area contributed by atoms with E-state index in [4.69, 9.17) is 9.47 Å². The van der Waals surface area contributed by atoms with Crippen molar-refractivity contribution in [3.05, 3.63) is 71.8 Å². The first-order valence-corrected chi connectivity index (χ1v) is 8.18. The summed E-state index contributed by atoms with van der Waals surface area (Å²) >= 11 is 0. The summed E-state index contributed by atoms with van der Waals surface area (Å²) in [4.78, 5) is 23.9. The Morgan fingerprint density at radius 1 is 0.708 bits per heavy atom. The largest absolute Gasteiger partial charge is 0.462 e. The molecule has 4 nitrogen and oxygen atoms in total. The van der Waals surface area contributed by atoms with Crippen molar-refractivity contribution in [3.8, 4) is 0 Å². The molecule has 0 amide bonds. The lowest BCUT2D eigenvalue weighted by Gasteiger charge is -2.35. The van der Waals surface area contributed by atoms with Crippen molar-refractivity contribution >= 4 is 11.9 Å². The number of hydrogen-bond acceptors (Lipinski definition) is 4. The van der Waals surface area contributed by atoms with E-state index in [1.165, 1.54) is 0 Å². The van der Waals surface area contributed by atoms with Crippen molar-refractivity contribution in [1.29, 1.82) is 0 Å². The van der Waals surface area contributed by atoms with Gasteiger partial charge < -0.3 is 9.47 Å². The molecule has 0 heterocycles. The average molecular weight is 324 g/mol. The van der Waals surface area contributed by atoms with Crippen molar-refractivity contribution in [2.45, 2.75) is 12.8 Å². The normalized spacial score (nSPS) is 19.2. The Kier molecular flexibility index (Phi) is 5.26. The van der Waals surface area contributed by atoms with E-state index in [1.54, 1.807) is 24.3 Å². The van der Waals surface area contributed by atoms with Crippen LogP contribution >= 0.6 is 0 Å². The Hall–Kier alpha value is -2.62. The zero-order valence-electron chi connectivity index (χ0n) is 13.4. The molecule has 2 atom stereocenters. The monoisotopic (exact) mass is 324 g/mol. The highest BCUT2D eigenvalue weighted by Crippen LogP contribution is 2.35. The number of ether oxygens (including phenoxy) is 2. The van der Waals surface area contributed by atoms with Gasteiger partial charge >= 0.3 is 11.9 Å². The maximum atomic E-state index is 11.9. The summed E-state index contributed by atoms with van der Waals surface area (Å²) in [5.41, 5.74) is 1.12. The molecule has 0 bridgehead atoms. The van der Waals surface area contributed by atoms with Gasteiger partial charge in [-0.15, -0.1) is 0 Å². The summed E-state index contributed by atoms with van der Waals surface area (Å²) in [6.07, 6.45) is 1.99. The van der Waals surface area contributed by atoms with E-state index in [0.29, 0.717) is 24.3 Å². The number of carbonyl (C=O) groups is 2. The fraction of sp³-hybridized carbons (Fsp3) is 0.300. The summed E-state index contributed by atoms with van der Waals surface area (Å²) in [6, 6.07) is 17.9.